The van der Waals surface area contributed by atoms with Gasteiger partial charge >= 0.3 is 0 Å². The lowest BCUT2D eigenvalue weighted by molar-refractivity contribution is -0.133. The lowest BCUT2D eigenvalue weighted by Crippen LogP contribution is -2.50. The highest BCUT2D eigenvalue weighted by molar-refractivity contribution is 6.35. The molecule has 30 heavy (non-hydrogen) atoms. The molecule has 0 aliphatic carbocycles. The smallest absolute Gasteiger partial charge is 0.260 e. The maximum absolute atomic E-state index is 12.5. The zero-order valence-electron chi connectivity index (χ0n) is 16.5. The Balaban J connectivity index is 1.26. The molecule has 160 valence electrons. The molecule has 0 unspecified atom stereocenters. The van der Waals surface area contributed by atoms with Crippen molar-refractivity contribution in [2.75, 3.05) is 68.9 Å². The summed E-state index contributed by atoms with van der Waals surface area (Å²) in [6.45, 7) is 5.62. The lowest BCUT2D eigenvalue weighted by Gasteiger charge is -2.35. The third-order valence-corrected chi connectivity index (χ3v) is 5.70. The lowest BCUT2D eigenvalue weighted by atomic mass is 10.3. The molecule has 8 nitrogen and oxygen atoms in total. The molecule has 2 aromatic rings. The fourth-order valence-corrected chi connectivity index (χ4v) is 3.92. The number of hydrogen-bond acceptors (Lipinski definition) is 7. The standard InChI is InChI=1S/C20H23Cl2N5O3/c21-15-1-2-17(16(22)13-15)30-14-20(28)27-7-5-25(6-8-27)18-3-4-19(24-23-18)26-9-11-29-12-10-26/h1-4,13H,5-12,14H2. The van der Waals surface area contributed by atoms with Crippen molar-refractivity contribution in [3.05, 3.63) is 40.4 Å². The van der Waals surface area contributed by atoms with Gasteiger partial charge in [-0.05, 0) is 30.3 Å². The summed E-state index contributed by atoms with van der Waals surface area (Å²) in [6, 6.07) is 8.91. The van der Waals surface area contributed by atoms with E-state index in [1.165, 1.54) is 0 Å². The van der Waals surface area contributed by atoms with Crippen molar-refractivity contribution in [3.8, 4) is 5.75 Å². The summed E-state index contributed by atoms with van der Waals surface area (Å²) in [5.74, 6) is 2.07. The highest BCUT2D eigenvalue weighted by atomic mass is 35.5. The summed E-state index contributed by atoms with van der Waals surface area (Å²) < 4.78 is 10.9. The van der Waals surface area contributed by atoms with Crippen LogP contribution in [0.15, 0.2) is 30.3 Å². The SMILES string of the molecule is O=C(COc1ccc(Cl)cc1Cl)N1CCN(c2ccc(N3CCOCC3)nn2)CC1. The number of benzene rings is 1. The van der Waals surface area contributed by atoms with Crippen LogP contribution in [0.3, 0.4) is 0 Å². The van der Waals surface area contributed by atoms with E-state index < -0.39 is 0 Å². The molecule has 1 aromatic heterocycles. The predicted octanol–water partition coefficient (Wildman–Crippen LogP) is 2.35. The fourth-order valence-electron chi connectivity index (χ4n) is 3.46. The van der Waals surface area contributed by atoms with Crippen LogP contribution in [0.2, 0.25) is 10.0 Å². The number of ether oxygens (including phenoxy) is 2. The Morgan fingerprint density at radius 2 is 1.57 bits per heavy atom. The van der Waals surface area contributed by atoms with Crippen LogP contribution in [0.1, 0.15) is 0 Å². The van der Waals surface area contributed by atoms with Crippen LogP contribution in [0.25, 0.3) is 0 Å². The minimum absolute atomic E-state index is 0.0601. The monoisotopic (exact) mass is 451 g/mol. The number of nitrogens with zero attached hydrogens (tertiary/aromatic N) is 5. The Bertz CT molecular complexity index is 869. The van der Waals surface area contributed by atoms with E-state index in [9.17, 15) is 4.79 Å². The molecule has 1 aromatic carbocycles. The van der Waals surface area contributed by atoms with Crippen LogP contribution in [0.5, 0.6) is 5.75 Å². The molecule has 0 saturated carbocycles. The van der Waals surface area contributed by atoms with Gasteiger partial charge in [-0.3, -0.25) is 4.79 Å². The number of carbonyl (C=O) groups excluding carboxylic acids is 1. The Kier molecular flexibility index (Phi) is 6.76. The fraction of sp³-hybridized carbons (Fsp3) is 0.450. The molecule has 0 radical (unpaired) electrons. The Morgan fingerprint density at radius 3 is 2.17 bits per heavy atom. The zero-order chi connectivity index (χ0) is 20.9. The van der Waals surface area contributed by atoms with E-state index in [2.05, 4.69) is 20.0 Å². The first-order chi connectivity index (χ1) is 14.6. The van der Waals surface area contributed by atoms with Gasteiger partial charge in [0.2, 0.25) is 0 Å². The minimum atomic E-state index is -0.0746. The van der Waals surface area contributed by atoms with E-state index in [0.29, 0.717) is 55.2 Å². The third kappa shape index (κ3) is 5.06. The molecule has 2 aliphatic heterocycles. The Labute approximate surface area is 185 Å². The van der Waals surface area contributed by atoms with Crippen LogP contribution in [0, 0.1) is 0 Å². The molecule has 3 heterocycles. The summed E-state index contributed by atoms with van der Waals surface area (Å²) >= 11 is 12.0. The van der Waals surface area contributed by atoms with Crippen molar-refractivity contribution >= 4 is 40.7 Å². The van der Waals surface area contributed by atoms with Gasteiger partial charge in [0, 0.05) is 44.3 Å². The third-order valence-electron chi connectivity index (χ3n) is 5.17. The minimum Gasteiger partial charge on any atom is -0.482 e. The van der Waals surface area contributed by atoms with E-state index in [4.69, 9.17) is 32.7 Å². The van der Waals surface area contributed by atoms with Gasteiger partial charge in [-0.1, -0.05) is 23.2 Å². The molecule has 0 spiro atoms. The van der Waals surface area contributed by atoms with E-state index in [0.717, 1.165) is 24.7 Å². The maximum Gasteiger partial charge on any atom is 0.260 e. The van der Waals surface area contributed by atoms with Crippen molar-refractivity contribution in [3.63, 3.8) is 0 Å². The second-order valence-corrected chi connectivity index (χ2v) is 7.92. The number of hydrogen-bond donors (Lipinski definition) is 0. The largest absolute Gasteiger partial charge is 0.482 e. The van der Waals surface area contributed by atoms with Crippen molar-refractivity contribution in [1.29, 1.82) is 0 Å². The molecule has 0 bridgehead atoms. The number of carbonyl (C=O) groups is 1. The van der Waals surface area contributed by atoms with Crippen molar-refractivity contribution in [1.82, 2.24) is 15.1 Å². The van der Waals surface area contributed by atoms with E-state index in [1.807, 2.05) is 12.1 Å². The van der Waals surface area contributed by atoms with Gasteiger partial charge in [-0.15, -0.1) is 10.2 Å². The topological polar surface area (TPSA) is 71.0 Å². The molecular weight excluding hydrogens is 429 g/mol. The summed E-state index contributed by atoms with van der Waals surface area (Å²) in [4.78, 5) is 18.6. The predicted molar refractivity (Wildman–Crippen MR) is 116 cm³/mol. The van der Waals surface area contributed by atoms with Gasteiger partial charge in [0.25, 0.3) is 5.91 Å². The van der Waals surface area contributed by atoms with Gasteiger partial charge in [-0.2, -0.15) is 0 Å². The number of morpholine rings is 1. The summed E-state index contributed by atoms with van der Waals surface area (Å²) in [7, 11) is 0. The van der Waals surface area contributed by atoms with Crippen LogP contribution < -0.4 is 14.5 Å². The molecule has 0 atom stereocenters. The molecule has 2 saturated heterocycles. The van der Waals surface area contributed by atoms with Crippen molar-refractivity contribution in [2.45, 2.75) is 0 Å². The molecule has 2 aliphatic rings. The van der Waals surface area contributed by atoms with Crippen LogP contribution in [0.4, 0.5) is 11.6 Å². The molecule has 10 heteroatoms. The second kappa shape index (κ2) is 9.68. The van der Waals surface area contributed by atoms with E-state index in [-0.39, 0.29) is 12.5 Å². The van der Waals surface area contributed by atoms with Gasteiger partial charge < -0.3 is 24.2 Å². The normalized spacial score (nSPS) is 17.2. The van der Waals surface area contributed by atoms with E-state index in [1.54, 1.807) is 23.1 Å². The van der Waals surface area contributed by atoms with Crippen molar-refractivity contribution < 1.29 is 14.3 Å². The first-order valence-corrected chi connectivity index (χ1v) is 10.6. The summed E-state index contributed by atoms with van der Waals surface area (Å²) in [5.41, 5.74) is 0. The maximum atomic E-state index is 12.5. The van der Waals surface area contributed by atoms with Gasteiger partial charge in [0.15, 0.2) is 18.2 Å². The first-order valence-electron chi connectivity index (χ1n) is 9.87. The van der Waals surface area contributed by atoms with Gasteiger partial charge in [0.1, 0.15) is 5.75 Å². The van der Waals surface area contributed by atoms with Crippen LogP contribution in [-0.2, 0) is 9.53 Å². The number of anilines is 2. The quantitative estimate of drug-likeness (QED) is 0.690. The molecule has 1 amide bonds. The number of aromatic nitrogens is 2. The number of halogens is 2. The second-order valence-electron chi connectivity index (χ2n) is 7.08. The van der Waals surface area contributed by atoms with Crippen LogP contribution in [-0.4, -0.2) is 80.1 Å². The molecule has 0 N–H and O–H groups in total. The Hall–Kier alpha value is -2.29. The van der Waals surface area contributed by atoms with E-state index >= 15 is 0 Å². The first kappa shape index (κ1) is 21.0. The summed E-state index contributed by atoms with van der Waals surface area (Å²) in [6.07, 6.45) is 0. The average molecular weight is 452 g/mol. The average Bonchev–Trinajstić information content (AvgIpc) is 2.79. The highest BCUT2D eigenvalue weighted by Crippen LogP contribution is 2.27. The number of amides is 1. The molecular formula is C20H23Cl2N5O3. The molecule has 4 rings (SSSR count). The number of piperazine rings is 1. The molecule has 2 fully saturated rings. The zero-order valence-corrected chi connectivity index (χ0v) is 18.0. The highest BCUT2D eigenvalue weighted by Gasteiger charge is 2.23. The van der Waals surface area contributed by atoms with Crippen molar-refractivity contribution in [2.24, 2.45) is 0 Å². The van der Waals surface area contributed by atoms with Crippen LogP contribution >= 0.6 is 23.2 Å². The van der Waals surface area contributed by atoms with Gasteiger partial charge in [0.05, 0.1) is 18.2 Å². The van der Waals surface area contributed by atoms with Gasteiger partial charge in [-0.25, -0.2) is 0 Å². The Morgan fingerprint density at radius 1 is 0.933 bits per heavy atom. The summed E-state index contributed by atoms with van der Waals surface area (Å²) in [5, 5.41) is 9.66. The number of rotatable bonds is 5.